The summed E-state index contributed by atoms with van der Waals surface area (Å²) in [5.41, 5.74) is 4.95. The highest BCUT2D eigenvalue weighted by molar-refractivity contribution is 6.08. The molecule has 0 radical (unpaired) electrons. The van der Waals surface area contributed by atoms with E-state index in [4.69, 9.17) is 0 Å². The van der Waals surface area contributed by atoms with E-state index in [0.717, 1.165) is 29.8 Å². The Kier molecular flexibility index (Phi) is 8.58. The number of benzene rings is 4. The van der Waals surface area contributed by atoms with E-state index >= 15 is 0 Å². The van der Waals surface area contributed by atoms with E-state index in [9.17, 15) is 19.7 Å². The third kappa shape index (κ3) is 6.00. The normalized spacial score (nSPS) is 16.2. The zero-order valence-corrected chi connectivity index (χ0v) is 23.7. The van der Waals surface area contributed by atoms with Gasteiger partial charge in [-0.25, -0.2) is 0 Å². The number of aryl methyl sites for hydroxylation is 1. The molecule has 5 rings (SSSR count). The van der Waals surface area contributed by atoms with Crippen molar-refractivity contribution in [3.05, 3.63) is 142 Å². The summed E-state index contributed by atoms with van der Waals surface area (Å²) in [4.78, 5) is 41.9. The van der Waals surface area contributed by atoms with Gasteiger partial charge in [-0.05, 0) is 85.0 Å². The fourth-order valence-corrected chi connectivity index (χ4v) is 5.58. The standard InChI is InChI=1S/C35H33N3O4/c1-3-9-26-14-19-28(20-15-26)35(40)36-25(2)24-33(31-12-7-8-13-32(31)36)37(29-10-5-4-6-11-29)34(39)23-18-27-16-21-30(22-17-27)38(41)42/h4-8,10-23,25,33H,3,9,24H2,1-2H3/b23-18+. The average Bonchev–Trinajstić information content (AvgIpc) is 3.01. The number of fused-ring (bicyclic) bond motifs is 1. The monoisotopic (exact) mass is 559 g/mol. The fraction of sp³-hybridized carbons (Fsp3) is 0.200. The summed E-state index contributed by atoms with van der Waals surface area (Å²) in [6.07, 6.45) is 5.73. The second kappa shape index (κ2) is 12.6. The number of nitro groups is 1. The first-order valence-electron chi connectivity index (χ1n) is 14.2. The molecule has 7 nitrogen and oxygen atoms in total. The Labute approximate surface area is 245 Å². The first-order chi connectivity index (χ1) is 20.4. The SMILES string of the molecule is CCCc1ccc(C(=O)N2c3ccccc3C(N(C(=O)/C=C/c3ccc([N+](=O)[O-])cc3)c3ccccc3)CC2C)cc1. The van der Waals surface area contributed by atoms with Crippen LogP contribution in [0.1, 0.15) is 59.8 Å². The topological polar surface area (TPSA) is 83.8 Å². The van der Waals surface area contributed by atoms with Crippen LogP contribution in [0.4, 0.5) is 17.1 Å². The minimum absolute atomic E-state index is 0.00630. The third-order valence-electron chi connectivity index (χ3n) is 7.62. The molecule has 212 valence electrons. The van der Waals surface area contributed by atoms with Gasteiger partial charge in [0.05, 0.1) is 11.0 Å². The van der Waals surface area contributed by atoms with Crippen LogP contribution in [0, 0.1) is 10.1 Å². The Morgan fingerprint density at radius 3 is 2.26 bits per heavy atom. The summed E-state index contributed by atoms with van der Waals surface area (Å²) < 4.78 is 0. The zero-order chi connectivity index (χ0) is 29.6. The quantitative estimate of drug-likeness (QED) is 0.125. The lowest BCUT2D eigenvalue weighted by Gasteiger charge is -2.43. The van der Waals surface area contributed by atoms with Crippen LogP contribution in [0.5, 0.6) is 0 Å². The van der Waals surface area contributed by atoms with Crippen molar-refractivity contribution in [3.8, 4) is 0 Å². The number of amides is 2. The molecule has 1 aliphatic rings. The summed E-state index contributed by atoms with van der Waals surface area (Å²) in [7, 11) is 0. The van der Waals surface area contributed by atoms with Crippen molar-refractivity contribution < 1.29 is 14.5 Å². The number of carbonyl (C=O) groups is 2. The van der Waals surface area contributed by atoms with E-state index in [1.54, 1.807) is 23.1 Å². The number of nitro benzene ring substituents is 1. The van der Waals surface area contributed by atoms with E-state index in [1.807, 2.05) is 90.7 Å². The van der Waals surface area contributed by atoms with Gasteiger partial charge in [-0.15, -0.1) is 0 Å². The van der Waals surface area contributed by atoms with Crippen molar-refractivity contribution in [2.24, 2.45) is 0 Å². The highest BCUT2D eigenvalue weighted by Crippen LogP contribution is 2.43. The number of hydrogen-bond acceptors (Lipinski definition) is 4. The Balaban J connectivity index is 1.49. The van der Waals surface area contributed by atoms with Crippen molar-refractivity contribution in [3.63, 3.8) is 0 Å². The summed E-state index contributed by atoms with van der Waals surface area (Å²) in [5, 5.41) is 11.0. The van der Waals surface area contributed by atoms with Crippen LogP contribution in [0.25, 0.3) is 6.08 Å². The first-order valence-corrected chi connectivity index (χ1v) is 14.2. The number of hydrogen-bond donors (Lipinski definition) is 0. The van der Waals surface area contributed by atoms with E-state index in [2.05, 4.69) is 6.92 Å². The lowest BCUT2D eigenvalue weighted by Crippen LogP contribution is -2.47. The fourth-order valence-electron chi connectivity index (χ4n) is 5.58. The second-order valence-electron chi connectivity index (χ2n) is 10.5. The maximum absolute atomic E-state index is 13.9. The molecule has 1 aliphatic heterocycles. The van der Waals surface area contributed by atoms with E-state index < -0.39 is 4.92 Å². The molecule has 2 atom stereocenters. The highest BCUT2D eigenvalue weighted by Gasteiger charge is 2.38. The van der Waals surface area contributed by atoms with Crippen LogP contribution < -0.4 is 9.80 Å². The molecular formula is C35H33N3O4. The average molecular weight is 560 g/mol. The number of carbonyl (C=O) groups excluding carboxylic acids is 2. The Morgan fingerprint density at radius 2 is 1.60 bits per heavy atom. The van der Waals surface area contributed by atoms with Gasteiger partial charge in [0.1, 0.15) is 0 Å². The Bertz CT molecular complexity index is 1600. The van der Waals surface area contributed by atoms with Gasteiger partial charge in [-0.1, -0.05) is 61.9 Å². The second-order valence-corrected chi connectivity index (χ2v) is 10.5. The lowest BCUT2D eigenvalue weighted by atomic mass is 9.89. The van der Waals surface area contributed by atoms with Gasteiger partial charge in [0.15, 0.2) is 0 Å². The van der Waals surface area contributed by atoms with Gasteiger partial charge in [-0.3, -0.25) is 19.7 Å². The van der Waals surface area contributed by atoms with E-state index in [1.165, 1.54) is 23.8 Å². The molecule has 0 aromatic heterocycles. The molecular weight excluding hydrogens is 526 g/mol. The van der Waals surface area contributed by atoms with Gasteiger partial charge in [0, 0.05) is 41.2 Å². The van der Waals surface area contributed by atoms with Gasteiger partial charge in [0.2, 0.25) is 0 Å². The molecule has 0 saturated heterocycles. The summed E-state index contributed by atoms with van der Waals surface area (Å²) in [6, 6.07) is 30.7. The molecule has 0 saturated carbocycles. The van der Waals surface area contributed by atoms with E-state index in [0.29, 0.717) is 17.5 Å². The van der Waals surface area contributed by atoms with Crippen LogP contribution in [-0.4, -0.2) is 22.8 Å². The van der Waals surface area contributed by atoms with Gasteiger partial charge in [0.25, 0.3) is 17.5 Å². The lowest BCUT2D eigenvalue weighted by molar-refractivity contribution is -0.384. The summed E-state index contributed by atoms with van der Waals surface area (Å²) >= 11 is 0. The Hall–Kier alpha value is -5.04. The number of non-ortho nitro benzene ring substituents is 1. The molecule has 1 heterocycles. The molecule has 4 aromatic carbocycles. The van der Waals surface area contributed by atoms with Crippen molar-refractivity contribution in [2.75, 3.05) is 9.80 Å². The molecule has 2 unspecified atom stereocenters. The molecule has 0 aliphatic carbocycles. The van der Waals surface area contributed by atoms with Gasteiger partial charge >= 0.3 is 0 Å². The van der Waals surface area contributed by atoms with Crippen molar-refractivity contribution in [1.29, 1.82) is 0 Å². The van der Waals surface area contributed by atoms with Crippen LogP contribution in [0.2, 0.25) is 0 Å². The minimum Gasteiger partial charge on any atom is -0.305 e. The van der Waals surface area contributed by atoms with Crippen molar-refractivity contribution in [1.82, 2.24) is 0 Å². The number of anilines is 2. The zero-order valence-electron chi connectivity index (χ0n) is 23.7. The van der Waals surface area contributed by atoms with Crippen molar-refractivity contribution in [2.45, 2.75) is 45.2 Å². The van der Waals surface area contributed by atoms with Crippen LogP contribution in [-0.2, 0) is 11.2 Å². The molecule has 7 heteroatoms. The maximum Gasteiger partial charge on any atom is 0.269 e. The minimum atomic E-state index is -0.451. The van der Waals surface area contributed by atoms with Crippen LogP contribution >= 0.6 is 0 Å². The first kappa shape index (κ1) is 28.5. The predicted octanol–water partition coefficient (Wildman–Crippen LogP) is 7.77. The number of para-hydroxylation sites is 2. The summed E-state index contributed by atoms with van der Waals surface area (Å²) in [6.45, 7) is 4.16. The van der Waals surface area contributed by atoms with Crippen molar-refractivity contribution >= 4 is 35.0 Å². The molecule has 0 bridgehead atoms. The molecule has 0 spiro atoms. The predicted molar refractivity (Wildman–Crippen MR) is 167 cm³/mol. The largest absolute Gasteiger partial charge is 0.305 e. The Morgan fingerprint density at radius 1 is 0.929 bits per heavy atom. The molecule has 4 aromatic rings. The molecule has 0 fully saturated rings. The van der Waals surface area contributed by atoms with Gasteiger partial charge in [-0.2, -0.15) is 0 Å². The van der Waals surface area contributed by atoms with E-state index in [-0.39, 0.29) is 29.6 Å². The third-order valence-corrected chi connectivity index (χ3v) is 7.62. The summed E-state index contributed by atoms with van der Waals surface area (Å²) in [5.74, 6) is -0.287. The molecule has 42 heavy (non-hydrogen) atoms. The smallest absolute Gasteiger partial charge is 0.269 e. The number of rotatable bonds is 8. The van der Waals surface area contributed by atoms with Crippen LogP contribution in [0.3, 0.4) is 0 Å². The van der Waals surface area contributed by atoms with Gasteiger partial charge < -0.3 is 9.80 Å². The molecule has 2 amide bonds. The highest BCUT2D eigenvalue weighted by atomic mass is 16.6. The number of nitrogens with zero attached hydrogens (tertiary/aromatic N) is 3. The maximum atomic E-state index is 13.9. The van der Waals surface area contributed by atoms with Crippen LogP contribution in [0.15, 0.2) is 109 Å². The molecule has 0 N–H and O–H groups in total.